The summed E-state index contributed by atoms with van der Waals surface area (Å²) in [5.41, 5.74) is 2.32. The molecule has 2 unspecified atom stereocenters. The summed E-state index contributed by atoms with van der Waals surface area (Å²) < 4.78 is 40.9. The number of hydrogen-bond donors (Lipinski definition) is 0. The van der Waals surface area contributed by atoms with Crippen molar-refractivity contribution in [3.63, 3.8) is 0 Å². The van der Waals surface area contributed by atoms with E-state index in [0.29, 0.717) is 12.0 Å². The van der Waals surface area contributed by atoms with Gasteiger partial charge in [-0.15, -0.1) is 0 Å². The van der Waals surface area contributed by atoms with Gasteiger partial charge in [0.05, 0.1) is 21.0 Å². The van der Waals surface area contributed by atoms with Crippen LogP contribution in [-0.4, -0.2) is 6.18 Å². The highest BCUT2D eigenvalue weighted by atomic mass is 35.5. The normalized spacial score (nSPS) is 18.1. The number of hydrogen-bond acceptors (Lipinski definition) is 2. The molecule has 2 nitrogen and oxygen atoms in total. The number of nitroso groups, excluding NO2 is 1. The zero-order chi connectivity index (χ0) is 20.5. The van der Waals surface area contributed by atoms with Gasteiger partial charge in [0.25, 0.3) is 0 Å². The molecule has 3 rings (SSSR count). The van der Waals surface area contributed by atoms with E-state index in [0.717, 1.165) is 30.0 Å². The molecule has 1 aliphatic rings. The fourth-order valence-corrected chi connectivity index (χ4v) is 4.01. The van der Waals surface area contributed by atoms with Gasteiger partial charge in [0, 0.05) is 0 Å². The van der Waals surface area contributed by atoms with Crippen molar-refractivity contribution in [2.24, 2.45) is 5.18 Å². The van der Waals surface area contributed by atoms with Crippen LogP contribution in [0.15, 0.2) is 41.6 Å². The molecule has 0 aromatic heterocycles. The number of nitrogens with zero attached hydrogens (tertiary/aromatic N) is 1. The van der Waals surface area contributed by atoms with Gasteiger partial charge in [0.1, 0.15) is 6.04 Å². The number of fused-ring (bicyclic) bond motifs is 1. The van der Waals surface area contributed by atoms with Gasteiger partial charge in [0.2, 0.25) is 0 Å². The Kier molecular flexibility index (Phi) is 6.37. The van der Waals surface area contributed by atoms with Gasteiger partial charge < -0.3 is 0 Å². The molecule has 1 aliphatic carbocycles. The SMILES string of the molecule is O=NC1CCCc2cc(C=CC(c3cc(Cl)c(Cl)c(Cl)c3)C(F)(F)F)ccc21. The molecule has 0 bridgehead atoms. The maximum atomic E-state index is 13.6. The first kappa shape index (κ1) is 21.2. The minimum atomic E-state index is -4.53. The number of aryl methyl sites for hydroxylation is 1. The van der Waals surface area contributed by atoms with Crippen LogP contribution in [0, 0.1) is 4.91 Å². The van der Waals surface area contributed by atoms with Gasteiger partial charge in [-0.25, -0.2) is 0 Å². The molecular weight excluding hydrogens is 434 g/mol. The Labute approximate surface area is 175 Å². The summed E-state index contributed by atoms with van der Waals surface area (Å²) in [5, 5.41) is 3.09. The van der Waals surface area contributed by atoms with Crippen molar-refractivity contribution >= 4 is 40.9 Å². The molecule has 148 valence electrons. The zero-order valence-electron chi connectivity index (χ0n) is 14.4. The topological polar surface area (TPSA) is 29.4 Å². The summed E-state index contributed by atoms with van der Waals surface area (Å²) in [4.78, 5) is 10.9. The lowest BCUT2D eigenvalue weighted by atomic mass is 9.87. The Balaban J connectivity index is 1.94. The second-order valence-corrected chi connectivity index (χ2v) is 7.84. The fraction of sp³-hybridized carbons (Fsp3) is 0.300. The van der Waals surface area contributed by atoms with Gasteiger partial charge in [-0.1, -0.05) is 70.3 Å². The van der Waals surface area contributed by atoms with Crippen LogP contribution in [0.25, 0.3) is 6.08 Å². The molecule has 2 aromatic rings. The smallest absolute Gasteiger partial charge is 0.170 e. The third-order valence-corrected chi connectivity index (χ3v) is 5.97. The molecule has 0 radical (unpaired) electrons. The summed E-state index contributed by atoms with van der Waals surface area (Å²) in [6, 6.07) is 7.21. The van der Waals surface area contributed by atoms with Gasteiger partial charge >= 0.3 is 6.18 Å². The van der Waals surface area contributed by atoms with Crippen LogP contribution >= 0.6 is 34.8 Å². The van der Waals surface area contributed by atoms with Crippen LogP contribution in [0.1, 0.15) is 47.1 Å². The van der Waals surface area contributed by atoms with Crippen LogP contribution in [0.5, 0.6) is 0 Å². The van der Waals surface area contributed by atoms with E-state index in [-0.39, 0.29) is 26.7 Å². The Morgan fingerprint density at radius 2 is 1.79 bits per heavy atom. The van der Waals surface area contributed by atoms with Crippen LogP contribution in [0.2, 0.25) is 15.1 Å². The Bertz CT molecular complexity index is 904. The number of benzene rings is 2. The third kappa shape index (κ3) is 4.53. The second-order valence-electron chi connectivity index (χ2n) is 6.65. The second kappa shape index (κ2) is 8.44. The highest BCUT2D eigenvalue weighted by Gasteiger charge is 2.39. The van der Waals surface area contributed by atoms with Crippen LogP contribution in [0.3, 0.4) is 0 Å². The average molecular weight is 449 g/mol. The van der Waals surface area contributed by atoms with Crippen molar-refractivity contribution in [3.8, 4) is 0 Å². The third-order valence-electron chi connectivity index (χ3n) is 4.78. The minimum Gasteiger partial charge on any atom is -0.170 e. The number of alkyl halides is 3. The predicted octanol–water partition coefficient (Wildman–Crippen LogP) is 8.15. The molecule has 0 aliphatic heterocycles. The largest absolute Gasteiger partial charge is 0.399 e. The first-order valence-corrected chi connectivity index (χ1v) is 9.68. The van der Waals surface area contributed by atoms with E-state index in [4.69, 9.17) is 34.8 Å². The van der Waals surface area contributed by atoms with E-state index >= 15 is 0 Å². The van der Waals surface area contributed by atoms with Gasteiger partial charge in [-0.3, -0.25) is 0 Å². The molecule has 2 aromatic carbocycles. The lowest BCUT2D eigenvalue weighted by Crippen LogP contribution is -2.19. The van der Waals surface area contributed by atoms with E-state index in [1.54, 1.807) is 18.2 Å². The van der Waals surface area contributed by atoms with E-state index in [2.05, 4.69) is 5.18 Å². The fourth-order valence-electron chi connectivity index (χ4n) is 3.39. The first-order valence-electron chi connectivity index (χ1n) is 8.55. The zero-order valence-corrected chi connectivity index (χ0v) is 16.7. The van der Waals surface area contributed by atoms with Crippen molar-refractivity contribution in [1.29, 1.82) is 0 Å². The van der Waals surface area contributed by atoms with Crippen molar-refractivity contribution < 1.29 is 13.2 Å². The lowest BCUT2D eigenvalue weighted by Gasteiger charge is -2.21. The van der Waals surface area contributed by atoms with Crippen molar-refractivity contribution in [2.75, 3.05) is 0 Å². The van der Waals surface area contributed by atoms with Crippen LogP contribution in [0.4, 0.5) is 13.2 Å². The molecule has 0 N–H and O–H groups in total. The average Bonchev–Trinajstić information content (AvgIpc) is 2.64. The molecule has 2 atom stereocenters. The van der Waals surface area contributed by atoms with Gasteiger partial charge in [0.15, 0.2) is 0 Å². The predicted molar refractivity (Wildman–Crippen MR) is 107 cm³/mol. The van der Waals surface area contributed by atoms with Crippen molar-refractivity contribution in [1.82, 2.24) is 0 Å². The highest BCUT2D eigenvalue weighted by molar-refractivity contribution is 6.48. The van der Waals surface area contributed by atoms with E-state index in [1.165, 1.54) is 18.2 Å². The number of rotatable bonds is 4. The van der Waals surface area contributed by atoms with Gasteiger partial charge in [-0.2, -0.15) is 18.1 Å². The molecule has 8 heteroatoms. The molecule has 0 fully saturated rings. The maximum absolute atomic E-state index is 13.6. The summed E-state index contributed by atoms with van der Waals surface area (Å²) in [6.07, 6.45) is 0.234. The summed E-state index contributed by atoms with van der Waals surface area (Å²) >= 11 is 17.6. The molecule has 0 saturated heterocycles. The van der Waals surface area contributed by atoms with E-state index in [1.807, 2.05) is 0 Å². The first-order chi connectivity index (χ1) is 13.2. The monoisotopic (exact) mass is 447 g/mol. The molecule has 0 heterocycles. The summed E-state index contributed by atoms with van der Waals surface area (Å²) in [5.74, 6) is -1.89. The summed E-state index contributed by atoms with van der Waals surface area (Å²) in [6.45, 7) is 0. The Morgan fingerprint density at radius 3 is 2.39 bits per heavy atom. The molecule has 0 saturated carbocycles. The molecule has 0 amide bonds. The minimum absolute atomic E-state index is 0.0185. The Morgan fingerprint density at radius 1 is 1.11 bits per heavy atom. The Hall–Kier alpha value is -1.56. The van der Waals surface area contributed by atoms with E-state index < -0.39 is 12.1 Å². The molecular formula is C20H15Cl3F3NO. The van der Waals surface area contributed by atoms with Gasteiger partial charge in [-0.05, 0) is 53.6 Å². The lowest BCUT2D eigenvalue weighted by molar-refractivity contribution is -0.139. The maximum Gasteiger partial charge on any atom is 0.399 e. The standard InChI is InChI=1S/C20H15Cl3F3NO/c21-16-9-13(10-17(22)19(16)23)15(20(24,25)26)7-5-11-4-6-14-12(8-11)2-1-3-18(14)27-28/h4-10,15,18H,1-3H2. The highest BCUT2D eigenvalue weighted by Crippen LogP contribution is 2.41. The van der Waals surface area contributed by atoms with Crippen molar-refractivity contribution in [2.45, 2.75) is 37.4 Å². The molecule has 0 spiro atoms. The number of allylic oxidation sites excluding steroid dienone is 1. The molecule has 28 heavy (non-hydrogen) atoms. The van der Waals surface area contributed by atoms with Crippen LogP contribution in [-0.2, 0) is 6.42 Å². The number of halogens is 6. The summed E-state index contributed by atoms with van der Waals surface area (Å²) in [7, 11) is 0. The van der Waals surface area contributed by atoms with E-state index in [9.17, 15) is 18.1 Å². The quantitative estimate of drug-likeness (QED) is 0.343. The van der Waals surface area contributed by atoms with Crippen molar-refractivity contribution in [3.05, 3.63) is 78.6 Å². The van der Waals surface area contributed by atoms with Crippen LogP contribution < -0.4 is 0 Å².